The predicted molar refractivity (Wildman–Crippen MR) is 171 cm³/mol. The lowest BCUT2D eigenvalue weighted by molar-refractivity contribution is 0.0694. The van der Waals surface area contributed by atoms with Gasteiger partial charge in [-0.3, -0.25) is 4.90 Å². The molecule has 1 aliphatic heterocycles. The second-order valence-corrected chi connectivity index (χ2v) is 13.3. The summed E-state index contributed by atoms with van der Waals surface area (Å²) in [5.41, 5.74) is 8.28. The molecule has 0 unspecified atom stereocenters. The van der Waals surface area contributed by atoms with Crippen LogP contribution in [0.4, 0.5) is 5.69 Å². The van der Waals surface area contributed by atoms with Gasteiger partial charge in [-0.05, 0) is 84.4 Å². The maximum atomic E-state index is 12.0. The summed E-state index contributed by atoms with van der Waals surface area (Å²) in [5.74, 6) is 0.620. The third-order valence-corrected chi connectivity index (χ3v) is 9.44. The van der Waals surface area contributed by atoms with Crippen LogP contribution >= 0.6 is 0 Å². The van der Waals surface area contributed by atoms with E-state index in [4.69, 9.17) is 4.74 Å². The molecule has 0 spiro atoms. The van der Waals surface area contributed by atoms with Gasteiger partial charge in [0.25, 0.3) is 0 Å². The largest absolute Gasteiger partial charge is 0.478 e. The number of rotatable bonds is 8. The quantitative estimate of drug-likeness (QED) is 0.224. The number of anilines is 1. The van der Waals surface area contributed by atoms with E-state index < -0.39 is 5.97 Å². The molecule has 2 N–H and O–H groups in total. The number of benzene rings is 2. The molecule has 2 aromatic carbocycles. The summed E-state index contributed by atoms with van der Waals surface area (Å²) in [4.78, 5) is 24.4. The molecule has 7 heteroatoms. The predicted octanol–water partition coefficient (Wildman–Crippen LogP) is 7.72. The zero-order valence-electron chi connectivity index (χ0n) is 25.1. The number of piperazine rings is 1. The highest BCUT2D eigenvalue weighted by Crippen LogP contribution is 2.45. The summed E-state index contributed by atoms with van der Waals surface area (Å²) in [6.07, 6.45) is 9.65. The molecule has 2 fully saturated rings. The number of nitrogens with one attached hydrogen (secondary N) is 1. The molecule has 2 aliphatic carbocycles. The van der Waals surface area contributed by atoms with Crippen molar-refractivity contribution in [1.29, 1.82) is 0 Å². The second-order valence-electron chi connectivity index (χ2n) is 13.3. The number of fused-ring (bicyclic) bond motifs is 1. The Bertz CT molecular complexity index is 1670. The number of carboxylic acid groups (broad SMARTS) is 1. The number of pyridine rings is 1. The van der Waals surface area contributed by atoms with Crippen molar-refractivity contribution in [3.8, 4) is 11.5 Å². The number of aromatic amines is 1. The molecule has 3 aliphatic rings. The first-order valence-corrected chi connectivity index (χ1v) is 15.6. The number of hydrogen-bond acceptors (Lipinski definition) is 5. The van der Waals surface area contributed by atoms with Crippen molar-refractivity contribution in [3.05, 3.63) is 89.3 Å². The van der Waals surface area contributed by atoms with Gasteiger partial charge >= 0.3 is 5.97 Å². The van der Waals surface area contributed by atoms with E-state index in [1.54, 1.807) is 23.4 Å². The fraction of sp³-hybridized carbons (Fsp3) is 0.389. The van der Waals surface area contributed by atoms with Crippen molar-refractivity contribution in [3.63, 3.8) is 0 Å². The van der Waals surface area contributed by atoms with Gasteiger partial charge in [-0.2, -0.15) is 0 Å². The second kappa shape index (κ2) is 11.2. The monoisotopic (exact) mass is 576 g/mol. The molecule has 1 saturated carbocycles. The van der Waals surface area contributed by atoms with Crippen LogP contribution in [-0.2, 0) is 0 Å². The Morgan fingerprint density at radius 3 is 2.58 bits per heavy atom. The van der Waals surface area contributed by atoms with Crippen LogP contribution < -0.4 is 9.64 Å². The number of nitrogens with zero attached hydrogens (tertiary/aromatic N) is 3. The summed E-state index contributed by atoms with van der Waals surface area (Å²) in [6.45, 7) is 9.52. The molecular formula is C36H40N4O3. The summed E-state index contributed by atoms with van der Waals surface area (Å²) in [7, 11) is 0. The molecule has 2 aromatic heterocycles. The standard InChI is InChI=1S/C36H40N4O3/c1-36(2)13-11-28(32(21-36)26-7-5-25(6-8-26)24-3-4-24)23-39-15-17-40(18-16-39)29-9-10-31(35(41)42)33(20-29)43-30-19-27-12-14-37-34(27)38-22-30/h5-10,12,14,19-20,22,24H,3-4,11,13,15-18,21,23H2,1-2H3,(H,37,38)(H,41,42). The van der Waals surface area contributed by atoms with Crippen molar-refractivity contribution in [2.45, 2.75) is 51.9 Å². The highest BCUT2D eigenvalue weighted by molar-refractivity contribution is 5.92. The third-order valence-electron chi connectivity index (χ3n) is 9.44. The van der Waals surface area contributed by atoms with Gasteiger partial charge in [-0.15, -0.1) is 0 Å². The van der Waals surface area contributed by atoms with Gasteiger partial charge in [0.15, 0.2) is 0 Å². The van der Waals surface area contributed by atoms with E-state index >= 15 is 0 Å². The Balaban J connectivity index is 1.05. The number of aromatic carboxylic acids is 1. The smallest absolute Gasteiger partial charge is 0.339 e. The van der Waals surface area contributed by atoms with Crippen molar-refractivity contribution in [2.24, 2.45) is 5.41 Å². The Morgan fingerprint density at radius 2 is 1.84 bits per heavy atom. The number of carbonyl (C=O) groups is 1. The number of carboxylic acids is 1. The topological polar surface area (TPSA) is 81.7 Å². The summed E-state index contributed by atoms with van der Waals surface area (Å²) in [6, 6.07) is 18.7. The normalized spacial score (nSPS) is 19.2. The van der Waals surface area contributed by atoms with Crippen LogP contribution in [0.2, 0.25) is 0 Å². The first-order valence-electron chi connectivity index (χ1n) is 15.6. The highest BCUT2D eigenvalue weighted by atomic mass is 16.5. The number of H-pyrrole nitrogens is 1. The molecule has 4 aromatic rings. The first kappa shape index (κ1) is 27.7. The van der Waals surface area contributed by atoms with Gasteiger partial charge in [0.2, 0.25) is 0 Å². The minimum absolute atomic E-state index is 0.140. The molecule has 7 rings (SSSR count). The molecule has 0 amide bonds. The van der Waals surface area contributed by atoms with E-state index in [-0.39, 0.29) is 5.56 Å². The van der Waals surface area contributed by atoms with E-state index in [1.807, 2.05) is 30.5 Å². The number of aromatic nitrogens is 2. The average molecular weight is 577 g/mol. The molecular weight excluding hydrogens is 536 g/mol. The molecule has 3 heterocycles. The van der Waals surface area contributed by atoms with Gasteiger partial charge in [-0.25, -0.2) is 9.78 Å². The van der Waals surface area contributed by atoms with Gasteiger partial charge in [0.05, 0.1) is 6.20 Å². The van der Waals surface area contributed by atoms with Crippen molar-refractivity contribution >= 4 is 28.3 Å². The Hall–Kier alpha value is -4.10. The van der Waals surface area contributed by atoms with Crippen LogP contribution in [-0.4, -0.2) is 58.7 Å². The lowest BCUT2D eigenvalue weighted by Crippen LogP contribution is -2.47. The molecule has 7 nitrogen and oxygen atoms in total. The fourth-order valence-corrected chi connectivity index (χ4v) is 6.69. The Morgan fingerprint density at radius 1 is 1.05 bits per heavy atom. The molecule has 0 bridgehead atoms. The number of hydrogen-bond donors (Lipinski definition) is 2. The maximum absolute atomic E-state index is 12.0. The van der Waals surface area contributed by atoms with Gasteiger partial charge < -0.3 is 19.7 Å². The average Bonchev–Trinajstić information content (AvgIpc) is 3.75. The number of allylic oxidation sites excluding steroid dienone is 1. The van der Waals surface area contributed by atoms with Crippen molar-refractivity contribution in [2.75, 3.05) is 37.6 Å². The lowest BCUT2D eigenvalue weighted by Gasteiger charge is -2.39. The van der Waals surface area contributed by atoms with Crippen LogP contribution in [0, 0.1) is 5.41 Å². The van der Waals surface area contributed by atoms with Gasteiger partial charge in [-0.1, -0.05) is 43.7 Å². The minimum atomic E-state index is -1.01. The zero-order valence-corrected chi connectivity index (χ0v) is 25.1. The van der Waals surface area contributed by atoms with Gasteiger partial charge in [0, 0.05) is 56.1 Å². The summed E-state index contributed by atoms with van der Waals surface area (Å²) in [5, 5.41) is 10.7. The molecule has 222 valence electrons. The van der Waals surface area contributed by atoms with Gasteiger partial charge in [0.1, 0.15) is 22.7 Å². The fourth-order valence-electron chi connectivity index (χ4n) is 6.69. The van der Waals surface area contributed by atoms with Crippen LogP contribution in [0.5, 0.6) is 11.5 Å². The Kier molecular flexibility index (Phi) is 7.21. The number of ether oxygens (including phenoxy) is 1. The van der Waals surface area contributed by atoms with Crippen LogP contribution in [0.25, 0.3) is 16.6 Å². The molecule has 0 atom stereocenters. The highest BCUT2D eigenvalue weighted by Gasteiger charge is 2.30. The minimum Gasteiger partial charge on any atom is -0.478 e. The van der Waals surface area contributed by atoms with Crippen LogP contribution in [0.1, 0.15) is 73.4 Å². The van der Waals surface area contributed by atoms with Crippen LogP contribution in [0.3, 0.4) is 0 Å². The van der Waals surface area contributed by atoms with Crippen molar-refractivity contribution in [1.82, 2.24) is 14.9 Å². The van der Waals surface area contributed by atoms with Crippen molar-refractivity contribution < 1.29 is 14.6 Å². The third kappa shape index (κ3) is 6.04. The van der Waals surface area contributed by atoms with E-state index in [0.29, 0.717) is 16.9 Å². The maximum Gasteiger partial charge on any atom is 0.339 e. The molecule has 0 radical (unpaired) electrons. The van der Waals surface area contributed by atoms with Crippen LogP contribution in [0.15, 0.2) is 72.6 Å². The summed E-state index contributed by atoms with van der Waals surface area (Å²) >= 11 is 0. The zero-order chi connectivity index (χ0) is 29.6. The Labute approximate surface area is 253 Å². The molecule has 43 heavy (non-hydrogen) atoms. The lowest BCUT2D eigenvalue weighted by atomic mass is 9.72. The molecule has 1 saturated heterocycles. The first-order chi connectivity index (χ1) is 20.8. The SMILES string of the molecule is CC1(C)CCC(CN2CCN(c3ccc(C(=O)O)c(Oc4cnc5[nH]ccc5c4)c3)CC2)=C(c2ccc(C3CC3)cc2)C1. The van der Waals surface area contributed by atoms with E-state index in [0.717, 1.165) is 68.2 Å². The van der Waals surface area contributed by atoms with E-state index in [9.17, 15) is 9.90 Å². The van der Waals surface area contributed by atoms with E-state index in [2.05, 4.69) is 57.9 Å². The summed E-state index contributed by atoms with van der Waals surface area (Å²) < 4.78 is 6.10. The van der Waals surface area contributed by atoms with E-state index in [1.165, 1.54) is 30.4 Å².